The molecule has 1 heterocycles. The molecule has 0 spiro atoms. The monoisotopic (exact) mass is 449 g/mol. The third-order valence-corrected chi connectivity index (χ3v) is 7.70. The molecule has 0 aliphatic heterocycles. The van der Waals surface area contributed by atoms with E-state index < -0.39 is 0 Å². The van der Waals surface area contributed by atoms with Crippen LogP contribution in [-0.4, -0.2) is 40.8 Å². The lowest BCUT2D eigenvalue weighted by Crippen LogP contribution is -2.35. The third kappa shape index (κ3) is 5.18. The van der Waals surface area contributed by atoms with Crippen molar-refractivity contribution in [1.82, 2.24) is 15.2 Å². The van der Waals surface area contributed by atoms with Crippen LogP contribution in [0.3, 0.4) is 0 Å². The first-order valence-corrected chi connectivity index (χ1v) is 12.1. The molecule has 2 amide bonds. The van der Waals surface area contributed by atoms with Crippen molar-refractivity contribution in [2.24, 2.45) is 5.92 Å². The molecule has 0 unspecified atom stereocenters. The normalized spacial score (nSPS) is 20.8. The fourth-order valence-corrected chi connectivity index (χ4v) is 5.09. The number of benzene rings is 2. The molecule has 0 saturated heterocycles. The molecule has 0 bridgehead atoms. The average Bonchev–Trinajstić information content (AvgIpc) is 3.18. The first-order chi connectivity index (χ1) is 15.4. The van der Waals surface area contributed by atoms with E-state index in [9.17, 15) is 9.59 Å². The summed E-state index contributed by atoms with van der Waals surface area (Å²) in [5, 5.41) is 3.71. The number of rotatable bonds is 5. The van der Waals surface area contributed by atoms with Crippen LogP contribution in [0.2, 0.25) is 0 Å². The smallest absolute Gasteiger partial charge is 0.253 e. The third-order valence-electron chi connectivity index (χ3n) is 6.62. The van der Waals surface area contributed by atoms with E-state index in [4.69, 9.17) is 0 Å². The molecular formula is C26H31N3O2S. The molecule has 2 atom stereocenters. The highest BCUT2D eigenvalue weighted by molar-refractivity contribution is 7.21. The Kier molecular flexibility index (Phi) is 6.60. The zero-order valence-electron chi connectivity index (χ0n) is 19.0. The second-order valence-corrected chi connectivity index (χ2v) is 10.4. The fraction of sp³-hybridized carbons (Fsp3) is 0.423. The van der Waals surface area contributed by atoms with E-state index in [0.717, 1.165) is 59.7 Å². The van der Waals surface area contributed by atoms with Crippen molar-refractivity contribution in [2.45, 2.75) is 57.5 Å². The van der Waals surface area contributed by atoms with E-state index in [0.29, 0.717) is 6.04 Å². The van der Waals surface area contributed by atoms with Crippen molar-refractivity contribution in [3.05, 3.63) is 54.1 Å². The highest BCUT2D eigenvalue weighted by Crippen LogP contribution is 2.33. The standard InChI is InChI=1S/C21H22N2OS.C5H9NO/c1-14-7-12-17(13-14)23(2)21(24)16-10-8-15(9-11-16)20-22-18-5-3-4-6-19(18)25-20;1-5(2-3-5)6-4-7/h3-6,8-11,14,17H,7,12-13H2,1-2H3;4H,2-3H2,1H3,(H,6,7)/t14-,17+;/m0./s1. The molecule has 32 heavy (non-hydrogen) atoms. The molecule has 2 aliphatic rings. The minimum absolute atomic E-state index is 0.120. The summed E-state index contributed by atoms with van der Waals surface area (Å²) >= 11 is 1.69. The number of carbonyl (C=O) groups is 2. The van der Waals surface area contributed by atoms with E-state index in [2.05, 4.69) is 23.3 Å². The molecule has 6 heteroatoms. The number of para-hydroxylation sites is 1. The molecule has 1 N–H and O–H groups in total. The first-order valence-electron chi connectivity index (χ1n) is 11.3. The number of carbonyl (C=O) groups excluding carboxylic acids is 2. The Morgan fingerprint density at radius 1 is 1.16 bits per heavy atom. The van der Waals surface area contributed by atoms with Gasteiger partial charge in [0.2, 0.25) is 6.41 Å². The van der Waals surface area contributed by atoms with E-state index in [1.807, 2.05) is 61.3 Å². The van der Waals surface area contributed by atoms with Gasteiger partial charge in [-0.2, -0.15) is 0 Å². The zero-order chi connectivity index (χ0) is 22.7. The Balaban J connectivity index is 0.000000300. The predicted octanol–water partition coefficient (Wildman–Crippen LogP) is 5.51. The Labute approximate surface area is 193 Å². The number of amides is 2. The van der Waals surface area contributed by atoms with Crippen LogP contribution in [0.15, 0.2) is 48.5 Å². The average molecular weight is 450 g/mol. The van der Waals surface area contributed by atoms with Gasteiger partial charge in [-0.1, -0.05) is 31.2 Å². The van der Waals surface area contributed by atoms with E-state index in [1.165, 1.54) is 11.1 Å². The second-order valence-electron chi connectivity index (χ2n) is 9.38. The van der Waals surface area contributed by atoms with Gasteiger partial charge in [0, 0.05) is 29.8 Å². The van der Waals surface area contributed by atoms with Crippen molar-refractivity contribution in [1.29, 1.82) is 0 Å². The zero-order valence-corrected chi connectivity index (χ0v) is 19.8. The highest BCUT2D eigenvalue weighted by Gasteiger charge is 2.36. The van der Waals surface area contributed by atoms with E-state index >= 15 is 0 Å². The van der Waals surface area contributed by atoms with Crippen molar-refractivity contribution in [3.8, 4) is 10.6 Å². The van der Waals surface area contributed by atoms with E-state index in [-0.39, 0.29) is 11.4 Å². The summed E-state index contributed by atoms with van der Waals surface area (Å²) in [6.07, 6.45) is 6.52. The highest BCUT2D eigenvalue weighted by atomic mass is 32.1. The molecule has 5 nitrogen and oxygen atoms in total. The summed E-state index contributed by atoms with van der Waals surface area (Å²) in [4.78, 5) is 29.1. The Hall–Kier alpha value is -2.73. The molecule has 2 aromatic carbocycles. The van der Waals surface area contributed by atoms with Gasteiger partial charge in [-0.3, -0.25) is 9.59 Å². The predicted molar refractivity (Wildman–Crippen MR) is 131 cm³/mol. The lowest BCUT2D eigenvalue weighted by molar-refractivity contribution is -0.110. The Bertz CT molecular complexity index is 1050. The molecule has 168 valence electrons. The molecule has 3 aromatic rings. The van der Waals surface area contributed by atoms with Crippen LogP contribution in [0.4, 0.5) is 0 Å². The van der Waals surface area contributed by atoms with Gasteiger partial charge in [0.1, 0.15) is 5.01 Å². The van der Waals surface area contributed by atoms with Crippen molar-refractivity contribution >= 4 is 33.9 Å². The van der Waals surface area contributed by atoms with Gasteiger partial charge >= 0.3 is 0 Å². The molecular weight excluding hydrogens is 418 g/mol. The number of hydrogen-bond acceptors (Lipinski definition) is 4. The van der Waals surface area contributed by atoms with Crippen LogP contribution < -0.4 is 5.32 Å². The molecule has 2 saturated carbocycles. The first kappa shape index (κ1) is 22.5. The Morgan fingerprint density at radius 3 is 2.44 bits per heavy atom. The van der Waals surface area contributed by atoms with Crippen LogP contribution in [0.5, 0.6) is 0 Å². The number of nitrogens with zero attached hydrogens (tertiary/aromatic N) is 2. The van der Waals surface area contributed by atoms with Crippen LogP contribution in [0, 0.1) is 5.92 Å². The van der Waals surface area contributed by atoms with Crippen molar-refractivity contribution in [3.63, 3.8) is 0 Å². The number of thiazole rings is 1. The van der Waals surface area contributed by atoms with Gasteiger partial charge in [-0.25, -0.2) is 4.98 Å². The van der Waals surface area contributed by atoms with Gasteiger partial charge < -0.3 is 10.2 Å². The van der Waals surface area contributed by atoms with Crippen LogP contribution >= 0.6 is 11.3 Å². The maximum absolute atomic E-state index is 12.7. The molecule has 1 aromatic heterocycles. The summed E-state index contributed by atoms with van der Waals surface area (Å²) in [5.74, 6) is 0.844. The largest absolute Gasteiger partial charge is 0.354 e. The van der Waals surface area contributed by atoms with Gasteiger partial charge in [-0.05, 0) is 69.2 Å². The summed E-state index contributed by atoms with van der Waals surface area (Å²) < 4.78 is 1.19. The molecule has 2 fully saturated rings. The lowest BCUT2D eigenvalue weighted by atomic mass is 10.1. The number of aromatic nitrogens is 1. The quantitative estimate of drug-likeness (QED) is 0.523. The lowest BCUT2D eigenvalue weighted by Gasteiger charge is -2.24. The van der Waals surface area contributed by atoms with Gasteiger partial charge in [-0.15, -0.1) is 11.3 Å². The topological polar surface area (TPSA) is 62.3 Å². The minimum Gasteiger partial charge on any atom is -0.354 e. The maximum Gasteiger partial charge on any atom is 0.253 e. The van der Waals surface area contributed by atoms with Gasteiger partial charge in [0.25, 0.3) is 5.91 Å². The molecule has 5 rings (SSSR count). The van der Waals surface area contributed by atoms with Crippen molar-refractivity contribution < 1.29 is 9.59 Å². The van der Waals surface area contributed by atoms with E-state index in [1.54, 1.807) is 11.3 Å². The second kappa shape index (κ2) is 9.41. The maximum atomic E-state index is 12.7. The molecule has 2 aliphatic carbocycles. The number of nitrogens with one attached hydrogen (secondary N) is 1. The minimum atomic E-state index is 0.120. The summed E-state index contributed by atoms with van der Waals surface area (Å²) in [7, 11) is 1.94. The summed E-state index contributed by atoms with van der Waals surface area (Å²) in [6, 6.07) is 16.4. The van der Waals surface area contributed by atoms with Gasteiger partial charge in [0.05, 0.1) is 10.2 Å². The SMILES string of the molecule is CC1(NC=O)CC1.C[C@H]1CC[C@@H](N(C)C(=O)c2ccc(-c3nc4ccccc4s3)cc2)C1. The van der Waals surface area contributed by atoms with Crippen LogP contribution in [0.1, 0.15) is 56.3 Å². The van der Waals surface area contributed by atoms with Crippen molar-refractivity contribution in [2.75, 3.05) is 7.05 Å². The fourth-order valence-electron chi connectivity index (χ4n) is 4.12. The van der Waals surface area contributed by atoms with Gasteiger partial charge in [0.15, 0.2) is 0 Å². The number of fused-ring (bicyclic) bond motifs is 1. The Morgan fingerprint density at radius 2 is 1.88 bits per heavy atom. The summed E-state index contributed by atoms with van der Waals surface area (Å²) in [6.45, 7) is 4.31. The van der Waals surface area contributed by atoms with Crippen LogP contribution in [0.25, 0.3) is 20.8 Å². The number of hydrogen-bond donors (Lipinski definition) is 1. The molecule has 0 radical (unpaired) electrons. The van der Waals surface area contributed by atoms with Crippen LogP contribution in [-0.2, 0) is 4.79 Å². The summed E-state index contributed by atoms with van der Waals surface area (Å²) in [5.41, 5.74) is 3.03.